The summed E-state index contributed by atoms with van der Waals surface area (Å²) in [7, 11) is 1.67. The molecule has 3 heteroatoms. The lowest BCUT2D eigenvalue weighted by atomic mass is 10.1. The molecule has 0 aliphatic rings. The SMILES string of the molecule is COc1cccc(C(C)NCc2cccc(C#N)c2)c1. The molecular weight excluding hydrogens is 248 g/mol. The summed E-state index contributed by atoms with van der Waals surface area (Å²) in [4.78, 5) is 0. The van der Waals surface area contributed by atoms with Crippen molar-refractivity contribution in [2.75, 3.05) is 7.11 Å². The summed E-state index contributed by atoms with van der Waals surface area (Å²) < 4.78 is 5.23. The average Bonchev–Trinajstić information content (AvgIpc) is 2.52. The van der Waals surface area contributed by atoms with Crippen LogP contribution in [0.15, 0.2) is 48.5 Å². The lowest BCUT2D eigenvalue weighted by Crippen LogP contribution is -2.18. The van der Waals surface area contributed by atoms with Crippen molar-refractivity contribution in [1.29, 1.82) is 5.26 Å². The highest BCUT2D eigenvalue weighted by molar-refractivity contribution is 5.33. The Morgan fingerprint density at radius 2 is 2.00 bits per heavy atom. The number of nitrogens with one attached hydrogen (secondary N) is 1. The third-order valence-electron chi connectivity index (χ3n) is 3.26. The molecule has 0 heterocycles. The summed E-state index contributed by atoms with van der Waals surface area (Å²) in [5.41, 5.74) is 2.98. The highest BCUT2D eigenvalue weighted by atomic mass is 16.5. The van der Waals surface area contributed by atoms with Gasteiger partial charge in [-0.05, 0) is 42.3 Å². The summed E-state index contributed by atoms with van der Waals surface area (Å²) in [5, 5.41) is 12.3. The van der Waals surface area contributed by atoms with Gasteiger partial charge in [0.2, 0.25) is 0 Å². The number of hydrogen-bond donors (Lipinski definition) is 1. The van der Waals surface area contributed by atoms with Gasteiger partial charge in [0.05, 0.1) is 18.7 Å². The van der Waals surface area contributed by atoms with Gasteiger partial charge in [-0.2, -0.15) is 5.26 Å². The second-order valence-corrected chi connectivity index (χ2v) is 4.69. The van der Waals surface area contributed by atoms with Crippen LogP contribution in [0.4, 0.5) is 0 Å². The molecule has 0 amide bonds. The quantitative estimate of drug-likeness (QED) is 0.902. The van der Waals surface area contributed by atoms with Crippen molar-refractivity contribution in [3.05, 3.63) is 65.2 Å². The van der Waals surface area contributed by atoms with E-state index in [9.17, 15) is 0 Å². The fourth-order valence-electron chi connectivity index (χ4n) is 2.05. The highest BCUT2D eigenvalue weighted by Gasteiger charge is 2.06. The monoisotopic (exact) mass is 266 g/mol. The second-order valence-electron chi connectivity index (χ2n) is 4.69. The van der Waals surface area contributed by atoms with Gasteiger partial charge in [0.1, 0.15) is 5.75 Å². The van der Waals surface area contributed by atoms with Crippen molar-refractivity contribution in [2.45, 2.75) is 19.5 Å². The van der Waals surface area contributed by atoms with Crippen molar-refractivity contribution >= 4 is 0 Å². The molecule has 2 aromatic carbocycles. The summed E-state index contributed by atoms with van der Waals surface area (Å²) in [6, 6.07) is 18.1. The standard InChI is InChI=1S/C17H18N2O/c1-13(16-7-4-8-17(10-16)20-2)19-12-15-6-3-5-14(9-15)11-18/h3-10,13,19H,12H2,1-2H3. The second kappa shape index (κ2) is 6.74. The molecule has 0 bridgehead atoms. The molecule has 0 aliphatic heterocycles. The third kappa shape index (κ3) is 3.59. The normalized spacial score (nSPS) is 11.7. The molecule has 0 radical (unpaired) electrons. The summed E-state index contributed by atoms with van der Waals surface area (Å²) in [6.45, 7) is 2.84. The first-order valence-corrected chi connectivity index (χ1v) is 6.59. The van der Waals surface area contributed by atoms with Crippen molar-refractivity contribution in [3.8, 4) is 11.8 Å². The fourth-order valence-corrected chi connectivity index (χ4v) is 2.05. The van der Waals surface area contributed by atoms with Gasteiger partial charge in [-0.3, -0.25) is 0 Å². The van der Waals surface area contributed by atoms with Crippen molar-refractivity contribution < 1.29 is 4.74 Å². The minimum atomic E-state index is 0.218. The molecule has 2 rings (SSSR count). The largest absolute Gasteiger partial charge is 0.497 e. The van der Waals surface area contributed by atoms with Crippen LogP contribution >= 0.6 is 0 Å². The molecule has 0 aromatic heterocycles. The van der Waals surface area contributed by atoms with E-state index in [2.05, 4.69) is 24.4 Å². The molecule has 1 N–H and O–H groups in total. The van der Waals surface area contributed by atoms with Crippen LogP contribution in [0.3, 0.4) is 0 Å². The molecule has 20 heavy (non-hydrogen) atoms. The third-order valence-corrected chi connectivity index (χ3v) is 3.26. The van der Waals surface area contributed by atoms with Crippen LogP contribution in [0.25, 0.3) is 0 Å². The molecule has 0 aliphatic carbocycles. The van der Waals surface area contributed by atoms with Crippen LogP contribution in [0.2, 0.25) is 0 Å². The lowest BCUT2D eigenvalue weighted by Gasteiger charge is -2.15. The van der Waals surface area contributed by atoms with Crippen LogP contribution in [-0.4, -0.2) is 7.11 Å². The zero-order valence-electron chi connectivity index (χ0n) is 11.8. The first-order chi connectivity index (χ1) is 9.72. The van der Waals surface area contributed by atoms with Crippen molar-refractivity contribution in [1.82, 2.24) is 5.32 Å². The lowest BCUT2D eigenvalue weighted by molar-refractivity contribution is 0.413. The first kappa shape index (κ1) is 14.1. The smallest absolute Gasteiger partial charge is 0.119 e. The van der Waals surface area contributed by atoms with Crippen molar-refractivity contribution in [2.24, 2.45) is 0 Å². The Labute approximate surface area is 119 Å². The van der Waals surface area contributed by atoms with E-state index < -0.39 is 0 Å². The number of nitriles is 1. The number of benzene rings is 2. The van der Waals surface area contributed by atoms with Crippen LogP contribution < -0.4 is 10.1 Å². The fraction of sp³-hybridized carbons (Fsp3) is 0.235. The summed E-state index contributed by atoms with van der Waals surface area (Å²) in [5.74, 6) is 0.864. The Hall–Kier alpha value is -2.31. The van der Waals surface area contributed by atoms with Gasteiger partial charge >= 0.3 is 0 Å². The van der Waals surface area contributed by atoms with E-state index in [0.29, 0.717) is 5.56 Å². The summed E-state index contributed by atoms with van der Waals surface area (Å²) >= 11 is 0. The molecule has 102 valence electrons. The maximum atomic E-state index is 8.89. The Morgan fingerprint density at radius 1 is 1.20 bits per heavy atom. The van der Waals surface area contributed by atoms with Gasteiger partial charge < -0.3 is 10.1 Å². The molecule has 0 spiro atoms. The summed E-state index contributed by atoms with van der Waals surface area (Å²) in [6.07, 6.45) is 0. The zero-order chi connectivity index (χ0) is 14.4. The number of ether oxygens (including phenoxy) is 1. The molecule has 0 saturated carbocycles. The Kier molecular flexibility index (Phi) is 4.75. The minimum Gasteiger partial charge on any atom is -0.497 e. The Bertz CT molecular complexity index is 616. The van der Waals surface area contributed by atoms with E-state index in [1.165, 1.54) is 5.56 Å². The van der Waals surface area contributed by atoms with E-state index in [0.717, 1.165) is 17.9 Å². The molecule has 0 fully saturated rings. The van der Waals surface area contributed by atoms with Gasteiger partial charge in [0.15, 0.2) is 0 Å². The molecule has 1 atom stereocenters. The van der Waals surface area contributed by atoms with E-state index in [4.69, 9.17) is 10.00 Å². The number of methoxy groups -OCH3 is 1. The predicted octanol–water partition coefficient (Wildman–Crippen LogP) is 3.42. The topological polar surface area (TPSA) is 45.0 Å². The first-order valence-electron chi connectivity index (χ1n) is 6.59. The van der Waals surface area contributed by atoms with Gasteiger partial charge in [0, 0.05) is 12.6 Å². The molecule has 1 unspecified atom stereocenters. The highest BCUT2D eigenvalue weighted by Crippen LogP contribution is 2.19. The number of hydrogen-bond acceptors (Lipinski definition) is 3. The molecule has 2 aromatic rings. The van der Waals surface area contributed by atoms with Gasteiger partial charge in [0.25, 0.3) is 0 Å². The van der Waals surface area contributed by atoms with E-state index >= 15 is 0 Å². The van der Waals surface area contributed by atoms with Crippen LogP contribution in [-0.2, 0) is 6.54 Å². The van der Waals surface area contributed by atoms with Gasteiger partial charge in [-0.25, -0.2) is 0 Å². The van der Waals surface area contributed by atoms with Crippen molar-refractivity contribution in [3.63, 3.8) is 0 Å². The minimum absolute atomic E-state index is 0.218. The van der Waals surface area contributed by atoms with E-state index in [1.54, 1.807) is 7.11 Å². The van der Waals surface area contributed by atoms with E-state index in [-0.39, 0.29) is 6.04 Å². The Morgan fingerprint density at radius 3 is 2.75 bits per heavy atom. The Balaban J connectivity index is 2.00. The molecule has 0 saturated heterocycles. The predicted molar refractivity (Wildman–Crippen MR) is 79.4 cm³/mol. The molecular formula is C17H18N2O. The average molecular weight is 266 g/mol. The van der Waals surface area contributed by atoms with Gasteiger partial charge in [-0.15, -0.1) is 0 Å². The maximum absolute atomic E-state index is 8.89. The number of nitrogens with zero attached hydrogens (tertiary/aromatic N) is 1. The number of rotatable bonds is 5. The van der Waals surface area contributed by atoms with Gasteiger partial charge in [-0.1, -0.05) is 24.3 Å². The maximum Gasteiger partial charge on any atom is 0.119 e. The van der Waals surface area contributed by atoms with Crippen LogP contribution in [0, 0.1) is 11.3 Å². The van der Waals surface area contributed by atoms with Crippen LogP contribution in [0.1, 0.15) is 29.7 Å². The van der Waals surface area contributed by atoms with Crippen LogP contribution in [0.5, 0.6) is 5.75 Å². The van der Waals surface area contributed by atoms with E-state index in [1.807, 2.05) is 42.5 Å². The zero-order valence-corrected chi connectivity index (χ0v) is 11.8. The molecule has 3 nitrogen and oxygen atoms in total.